The predicted octanol–water partition coefficient (Wildman–Crippen LogP) is 5.41. The fraction of sp³-hybridized carbons (Fsp3) is 0.542. The van der Waals surface area contributed by atoms with Gasteiger partial charge in [-0.05, 0) is 96.0 Å². The molecule has 0 spiro atoms. The average molecular weight is 458 g/mol. The van der Waals surface area contributed by atoms with Crippen LogP contribution in [0.25, 0.3) is 0 Å². The van der Waals surface area contributed by atoms with Gasteiger partial charge in [-0.3, -0.25) is 10.1 Å². The van der Waals surface area contributed by atoms with E-state index in [1.54, 1.807) is 0 Å². The van der Waals surface area contributed by atoms with Crippen molar-refractivity contribution in [2.24, 2.45) is 11.1 Å². The second-order valence-electron chi connectivity index (χ2n) is 9.98. The quantitative estimate of drug-likeness (QED) is 0.537. The maximum Gasteiger partial charge on any atom is 0.410 e. The van der Waals surface area contributed by atoms with Crippen LogP contribution in [0, 0.1) is 5.92 Å². The zero-order valence-electron chi connectivity index (χ0n) is 19.7. The summed E-state index contributed by atoms with van der Waals surface area (Å²) < 4.78 is 5.65. The van der Waals surface area contributed by atoms with Crippen LogP contribution in [-0.4, -0.2) is 38.6 Å². The monoisotopic (exact) mass is 457 g/mol. The topological polar surface area (TPSA) is 93.4 Å². The number of carbonyl (C=O) groups excluding carboxylic acids is 1. The maximum atomic E-state index is 12.7. The van der Waals surface area contributed by atoms with Crippen molar-refractivity contribution in [3.05, 3.63) is 48.3 Å². The fourth-order valence-electron chi connectivity index (χ4n) is 4.24. The molecule has 7 nitrogen and oxygen atoms in total. The first-order chi connectivity index (χ1) is 15.1. The largest absolute Gasteiger partial charge is 0.444 e. The van der Waals surface area contributed by atoms with Gasteiger partial charge in [0.2, 0.25) is 0 Å². The second-order valence-corrected chi connectivity index (χ2v) is 10.6. The van der Waals surface area contributed by atoms with E-state index in [0.29, 0.717) is 12.5 Å². The number of nitrogens with one attached hydrogen (secondary N) is 1. The molecule has 3 rings (SSSR count). The average Bonchev–Trinajstić information content (AvgIpc) is 3.05. The summed E-state index contributed by atoms with van der Waals surface area (Å²) in [5.41, 5.74) is 0.249. The minimum atomic E-state index is -0.497. The number of nitrogens with two attached hydrogens (primary N) is 1. The van der Waals surface area contributed by atoms with Gasteiger partial charge in [-0.1, -0.05) is 12.1 Å². The van der Waals surface area contributed by atoms with Crippen LogP contribution in [0.5, 0.6) is 0 Å². The number of pyridine rings is 2. The van der Waals surface area contributed by atoms with E-state index in [-0.39, 0.29) is 17.7 Å². The van der Waals surface area contributed by atoms with Crippen LogP contribution in [-0.2, 0) is 4.74 Å². The molecule has 0 saturated carbocycles. The highest BCUT2D eigenvalue weighted by molar-refractivity contribution is 7.97. The summed E-state index contributed by atoms with van der Waals surface area (Å²) in [5, 5.41) is 9.97. The Morgan fingerprint density at radius 3 is 2.75 bits per heavy atom. The molecule has 1 amide bonds. The highest BCUT2D eigenvalue weighted by Gasteiger charge is 2.42. The third-order valence-corrected chi connectivity index (χ3v) is 6.12. The molecule has 2 aromatic heterocycles. The number of carbonyl (C=O) groups is 1. The van der Waals surface area contributed by atoms with Crippen molar-refractivity contribution >= 4 is 23.9 Å². The normalized spacial score (nSPS) is 18.9. The van der Waals surface area contributed by atoms with Gasteiger partial charge in [-0.15, -0.1) is 0 Å². The molecule has 1 aliphatic heterocycles. The number of anilines is 1. The number of aromatic nitrogens is 2. The second kappa shape index (κ2) is 10.1. The summed E-state index contributed by atoms with van der Waals surface area (Å²) in [5.74, 6) is 1.17. The van der Waals surface area contributed by atoms with Crippen molar-refractivity contribution < 1.29 is 9.53 Å². The Bertz CT molecular complexity index is 901. The fourth-order valence-corrected chi connectivity index (χ4v) is 4.54. The number of ether oxygens (including phenoxy) is 1. The van der Waals surface area contributed by atoms with Crippen LogP contribution in [0.15, 0.2) is 47.6 Å². The van der Waals surface area contributed by atoms with Gasteiger partial charge < -0.3 is 15.0 Å². The summed E-state index contributed by atoms with van der Waals surface area (Å²) in [6.45, 7) is 10.6. The molecule has 2 atom stereocenters. The van der Waals surface area contributed by atoms with Crippen LogP contribution in [0.1, 0.15) is 65.6 Å². The van der Waals surface area contributed by atoms with Crippen molar-refractivity contribution in [3.63, 3.8) is 0 Å². The smallest absolute Gasteiger partial charge is 0.410 e. The van der Waals surface area contributed by atoms with Gasteiger partial charge in [-0.25, -0.2) is 9.78 Å². The minimum Gasteiger partial charge on any atom is -0.444 e. The van der Waals surface area contributed by atoms with E-state index < -0.39 is 5.60 Å². The third kappa shape index (κ3) is 6.59. The molecular weight excluding hydrogens is 422 g/mol. The lowest BCUT2D eigenvalue weighted by atomic mass is 9.91. The van der Waals surface area contributed by atoms with Crippen molar-refractivity contribution in [1.82, 2.24) is 14.9 Å². The summed E-state index contributed by atoms with van der Waals surface area (Å²) in [6, 6.07) is 11.7. The predicted molar refractivity (Wildman–Crippen MR) is 129 cm³/mol. The first-order valence-electron chi connectivity index (χ1n) is 11.1. The third-order valence-electron chi connectivity index (χ3n) is 5.65. The van der Waals surface area contributed by atoms with Crippen LogP contribution in [0.3, 0.4) is 0 Å². The van der Waals surface area contributed by atoms with Gasteiger partial charge >= 0.3 is 6.09 Å². The Balaban J connectivity index is 1.69. The highest BCUT2D eigenvalue weighted by atomic mass is 32.2. The number of rotatable bonds is 7. The number of hydrogen-bond acceptors (Lipinski definition) is 7. The first kappa shape index (κ1) is 24.3. The van der Waals surface area contributed by atoms with Crippen molar-refractivity contribution in [2.75, 3.05) is 11.9 Å². The van der Waals surface area contributed by atoms with Crippen molar-refractivity contribution in [1.29, 1.82) is 0 Å². The van der Waals surface area contributed by atoms with Gasteiger partial charge in [-0.2, -0.15) is 0 Å². The SMILES string of the molecule is CC(C)(C)OC(=O)N1CC(CCC(Nc2cccc(SN)n2)c2ccccn2)CC1(C)C. The molecule has 3 heterocycles. The molecule has 0 bridgehead atoms. The molecule has 8 heteroatoms. The number of nitrogens with zero attached hydrogens (tertiary/aromatic N) is 3. The van der Waals surface area contributed by atoms with Gasteiger partial charge in [0.25, 0.3) is 0 Å². The number of hydrogen-bond donors (Lipinski definition) is 2. The zero-order chi connectivity index (χ0) is 23.4. The Hall–Kier alpha value is -2.32. The molecule has 3 N–H and O–H groups in total. The van der Waals surface area contributed by atoms with Gasteiger partial charge in [0.15, 0.2) is 0 Å². The lowest BCUT2D eigenvalue weighted by molar-refractivity contribution is 0.0131. The summed E-state index contributed by atoms with van der Waals surface area (Å²) in [6.07, 6.45) is 4.36. The lowest BCUT2D eigenvalue weighted by Gasteiger charge is -2.33. The molecular formula is C24H35N5O2S. The molecule has 174 valence electrons. The van der Waals surface area contributed by atoms with Crippen LogP contribution < -0.4 is 10.5 Å². The molecule has 2 unspecified atom stereocenters. The van der Waals surface area contributed by atoms with E-state index in [0.717, 1.165) is 47.7 Å². The van der Waals surface area contributed by atoms with Gasteiger partial charge in [0, 0.05) is 18.3 Å². The lowest BCUT2D eigenvalue weighted by Crippen LogP contribution is -2.45. The molecule has 0 aromatic carbocycles. The molecule has 2 aromatic rings. The Kier molecular flexibility index (Phi) is 7.67. The van der Waals surface area contributed by atoms with Crippen LogP contribution in [0.2, 0.25) is 0 Å². The molecule has 0 aliphatic carbocycles. The van der Waals surface area contributed by atoms with E-state index in [9.17, 15) is 4.79 Å². The maximum absolute atomic E-state index is 12.7. The van der Waals surface area contributed by atoms with E-state index in [1.807, 2.05) is 68.3 Å². The van der Waals surface area contributed by atoms with Gasteiger partial charge in [0.05, 0.1) is 11.7 Å². The molecule has 0 radical (unpaired) electrons. The Labute approximate surface area is 195 Å². The summed E-state index contributed by atoms with van der Waals surface area (Å²) in [4.78, 5) is 23.8. The molecule has 32 heavy (non-hydrogen) atoms. The first-order valence-corrected chi connectivity index (χ1v) is 12.0. The number of amides is 1. The Morgan fingerprint density at radius 2 is 2.09 bits per heavy atom. The van der Waals surface area contributed by atoms with Crippen molar-refractivity contribution in [2.45, 2.75) is 76.1 Å². The summed E-state index contributed by atoms with van der Waals surface area (Å²) >= 11 is 1.13. The van der Waals surface area contributed by atoms with E-state index in [2.05, 4.69) is 29.1 Å². The van der Waals surface area contributed by atoms with Crippen LogP contribution in [0.4, 0.5) is 10.6 Å². The molecule has 1 saturated heterocycles. The van der Waals surface area contributed by atoms with Crippen molar-refractivity contribution in [3.8, 4) is 0 Å². The van der Waals surface area contributed by atoms with E-state index in [1.165, 1.54) is 0 Å². The molecule has 1 aliphatic rings. The van der Waals surface area contributed by atoms with Gasteiger partial charge in [0.1, 0.15) is 16.4 Å². The molecule has 1 fully saturated rings. The Morgan fingerprint density at radius 1 is 1.31 bits per heavy atom. The minimum absolute atomic E-state index is 0.0143. The van der Waals surface area contributed by atoms with E-state index in [4.69, 9.17) is 9.88 Å². The number of likely N-dealkylation sites (tertiary alicyclic amines) is 1. The highest BCUT2D eigenvalue weighted by Crippen LogP contribution is 2.37. The van der Waals surface area contributed by atoms with E-state index >= 15 is 0 Å². The standard InChI is InChI=1S/C24H35N5O2S/c1-23(2,3)31-22(30)29-16-17(15-24(29,4)5)12-13-19(18-9-6-7-14-26-18)27-20-10-8-11-21(28-20)32-25/h6-11,14,17,19H,12-13,15-16,25H2,1-5H3,(H,27,28). The zero-order valence-corrected chi connectivity index (χ0v) is 20.5. The summed E-state index contributed by atoms with van der Waals surface area (Å²) in [7, 11) is 0. The van der Waals surface area contributed by atoms with Crippen LogP contribution >= 0.6 is 11.9 Å².